The summed E-state index contributed by atoms with van der Waals surface area (Å²) < 4.78 is 23.4. The molecule has 318 valence electrons. The van der Waals surface area contributed by atoms with Gasteiger partial charge in [-0.1, -0.05) is 134 Å². The molecule has 0 spiro atoms. The van der Waals surface area contributed by atoms with Gasteiger partial charge >= 0.3 is 7.82 Å². The van der Waals surface area contributed by atoms with Gasteiger partial charge in [0, 0.05) is 6.42 Å². The zero-order valence-electron chi connectivity index (χ0n) is 35.6. The van der Waals surface area contributed by atoms with Crippen molar-refractivity contribution in [3.8, 4) is 0 Å². The Morgan fingerprint density at radius 3 is 1.57 bits per heavy atom. The fourth-order valence-electron chi connectivity index (χ4n) is 6.09. The fourth-order valence-corrected chi connectivity index (χ4v) is 6.83. The highest BCUT2D eigenvalue weighted by Crippen LogP contribution is 2.43. The van der Waals surface area contributed by atoms with Crippen molar-refractivity contribution in [3.05, 3.63) is 36.5 Å². The number of hydrogen-bond donors (Lipinski definition) is 4. The molecule has 1 amide bonds. The van der Waals surface area contributed by atoms with Crippen LogP contribution < -0.4 is 5.32 Å². The van der Waals surface area contributed by atoms with Crippen LogP contribution in [0.3, 0.4) is 0 Å². The Bertz CT molecular complexity index is 998. The molecule has 0 rings (SSSR count). The largest absolute Gasteiger partial charge is 0.472 e. The number of quaternary nitrogens is 1. The first kappa shape index (κ1) is 52.7. The van der Waals surface area contributed by atoms with Gasteiger partial charge in [-0.2, -0.15) is 0 Å². The minimum absolute atomic E-state index is 0.0126. The molecule has 0 aliphatic rings. The van der Waals surface area contributed by atoms with Crippen molar-refractivity contribution in [2.75, 3.05) is 40.9 Å². The molecule has 0 saturated heterocycles. The predicted octanol–water partition coefficient (Wildman–Crippen LogP) is 10.9. The second-order valence-corrected chi connectivity index (χ2v) is 17.6. The summed E-state index contributed by atoms with van der Waals surface area (Å²) in [6, 6.07) is -1.06. The second kappa shape index (κ2) is 36.0. The third-order valence-corrected chi connectivity index (χ3v) is 10.7. The molecule has 4 atom stereocenters. The normalized spacial score (nSPS) is 15.3. The smallest absolute Gasteiger partial charge is 0.390 e. The molecule has 0 aliphatic heterocycles. The Hall–Kier alpha value is -1.32. The predicted molar refractivity (Wildman–Crippen MR) is 227 cm³/mol. The molecular formula is C44H86N2O7P+. The first-order valence-electron chi connectivity index (χ1n) is 21.9. The quantitative estimate of drug-likeness (QED) is 0.0212. The maximum atomic E-state index is 12.9. The van der Waals surface area contributed by atoms with E-state index in [1.807, 2.05) is 21.1 Å². The summed E-state index contributed by atoms with van der Waals surface area (Å²) in [5.41, 5.74) is 0. The summed E-state index contributed by atoms with van der Waals surface area (Å²) >= 11 is 0. The third kappa shape index (κ3) is 36.3. The van der Waals surface area contributed by atoms with Crippen LogP contribution in [0.15, 0.2) is 36.5 Å². The molecule has 10 heteroatoms. The number of carbonyl (C=O) groups excluding carboxylic acids is 1. The van der Waals surface area contributed by atoms with E-state index in [0.29, 0.717) is 30.3 Å². The SMILES string of the molecule is CCCCC/C=C/CC/C=C/CCCC(O)C(O)C(COP(=O)(O)OCC[N+](C)(C)C)NC(=O)CCCCCCCCC/C=C\CCCCCCCCC. The van der Waals surface area contributed by atoms with Crippen LogP contribution in [0, 0.1) is 0 Å². The number of phosphoric ester groups is 1. The highest BCUT2D eigenvalue weighted by Gasteiger charge is 2.31. The number of aliphatic hydroxyl groups excluding tert-OH is 2. The first-order chi connectivity index (χ1) is 25.9. The zero-order valence-corrected chi connectivity index (χ0v) is 36.5. The molecule has 0 bridgehead atoms. The number of nitrogens with zero attached hydrogens (tertiary/aromatic N) is 1. The van der Waals surface area contributed by atoms with Crippen molar-refractivity contribution in [2.45, 2.75) is 199 Å². The van der Waals surface area contributed by atoms with E-state index in [9.17, 15) is 24.5 Å². The molecule has 54 heavy (non-hydrogen) atoms. The number of aliphatic hydroxyl groups is 2. The molecule has 0 aromatic heterocycles. The summed E-state index contributed by atoms with van der Waals surface area (Å²) in [5.74, 6) is -0.279. The number of amides is 1. The maximum absolute atomic E-state index is 12.9. The second-order valence-electron chi connectivity index (χ2n) is 16.2. The van der Waals surface area contributed by atoms with Crippen molar-refractivity contribution in [2.24, 2.45) is 0 Å². The Kier molecular flexibility index (Phi) is 35.2. The fraction of sp³-hybridized carbons (Fsp3) is 0.841. The number of unbranched alkanes of at least 4 members (excludes halogenated alkanes) is 19. The standard InChI is InChI=1S/C44H85N2O7P/c1-6-8-10-12-14-16-18-20-21-22-23-24-25-27-29-31-33-35-37-43(48)45-41(40-53-54(50,51)52-39-38-46(3,4)5)44(49)42(47)36-34-32-30-28-26-19-17-15-13-11-9-7-2/h15,17,21-22,28,30,41-42,44,47,49H,6-14,16,18-20,23-27,29,31-40H2,1-5H3,(H-,45,48,50,51)/p+1/b17-15+,22-21-,30-28+. The van der Waals surface area contributed by atoms with Gasteiger partial charge < -0.3 is 24.9 Å². The highest BCUT2D eigenvalue weighted by molar-refractivity contribution is 7.47. The number of hydrogen-bond acceptors (Lipinski definition) is 6. The lowest BCUT2D eigenvalue weighted by Gasteiger charge is -2.28. The summed E-state index contributed by atoms with van der Waals surface area (Å²) in [4.78, 5) is 23.1. The lowest BCUT2D eigenvalue weighted by Crippen LogP contribution is -2.51. The number of likely N-dealkylation sites (N-methyl/N-ethyl adjacent to an activating group) is 1. The first-order valence-corrected chi connectivity index (χ1v) is 23.4. The van der Waals surface area contributed by atoms with Crippen molar-refractivity contribution < 1.29 is 38.0 Å². The van der Waals surface area contributed by atoms with Crippen LogP contribution in [0.25, 0.3) is 0 Å². The number of nitrogens with one attached hydrogen (secondary N) is 1. The van der Waals surface area contributed by atoms with Crippen LogP contribution >= 0.6 is 7.82 Å². The van der Waals surface area contributed by atoms with Gasteiger partial charge in [-0.25, -0.2) is 4.57 Å². The Morgan fingerprint density at radius 2 is 1.06 bits per heavy atom. The van der Waals surface area contributed by atoms with E-state index in [1.54, 1.807) is 0 Å². The van der Waals surface area contributed by atoms with Crippen LogP contribution in [0.5, 0.6) is 0 Å². The average Bonchev–Trinajstić information content (AvgIpc) is 3.12. The molecule has 0 radical (unpaired) electrons. The number of allylic oxidation sites excluding steroid dienone is 6. The summed E-state index contributed by atoms with van der Waals surface area (Å²) in [6.45, 7) is 4.53. The maximum Gasteiger partial charge on any atom is 0.472 e. The molecule has 0 aromatic carbocycles. The molecule has 0 fully saturated rings. The molecule has 0 aliphatic carbocycles. The van der Waals surface area contributed by atoms with Gasteiger partial charge in [0.05, 0.1) is 39.9 Å². The molecule has 0 aromatic rings. The van der Waals surface area contributed by atoms with E-state index < -0.39 is 32.7 Å². The lowest BCUT2D eigenvalue weighted by atomic mass is 10.0. The summed E-state index contributed by atoms with van der Waals surface area (Å²) in [5, 5.41) is 24.6. The van der Waals surface area contributed by atoms with E-state index in [-0.39, 0.29) is 18.9 Å². The van der Waals surface area contributed by atoms with Gasteiger partial charge in [0.15, 0.2) is 0 Å². The van der Waals surface area contributed by atoms with Crippen LogP contribution in [0.2, 0.25) is 0 Å². The molecular weight excluding hydrogens is 699 g/mol. The number of phosphoric acid groups is 1. The third-order valence-electron chi connectivity index (χ3n) is 9.68. The van der Waals surface area contributed by atoms with Crippen molar-refractivity contribution in [1.29, 1.82) is 0 Å². The monoisotopic (exact) mass is 786 g/mol. The summed E-state index contributed by atoms with van der Waals surface area (Å²) in [6.07, 6.45) is 39.2. The van der Waals surface area contributed by atoms with E-state index in [1.165, 1.54) is 89.9 Å². The van der Waals surface area contributed by atoms with Crippen molar-refractivity contribution in [3.63, 3.8) is 0 Å². The Morgan fingerprint density at radius 1 is 0.630 bits per heavy atom. The summed E-state index contributed by atoms with van der Waals surface area (Å²) in [7, 11) is 1.40. The van der Waals surface area contributed by atoms with Crippen LogP contribution in [0.4, 0.5) is 0 Å². The van der Waals surface area contributed by atoms with E-state index in [4.69, 9.17) is 9.05 Å². The number of carbonyl (C=O) groups is 1. The van der Waals surface area contributed by atoms with Gasteiger partial charge in [0.2, 0.25) is 5.91 Å². The topological polar surface area (TPSA) is 125 Å². The minimum atomic E-state index is -4.42. The highest BCUT2D eigenvalue weighted by atomic mass is 31.2. The van der Waals surface area contributed by atoms with E-state index in [0.717, 1.165) is 51.4 Å². The molecule has 4 unspecified atom stereocenters. The van der Waals surface area contributed by atoms with Gasteiger partial charge in [-0.05, 0) is 77.0 Å². The van der Waals surface area contributed by atoms with Crippen molar-refractivity contribution in [1.82, 2.24) is 5.32 Å². The van der Waals surface area contributed by atoms with Gasteiger partial charge in [-0.15, -0.1) is 0 Å². The van der Waals surface area contributed by atoms with Crippen LogP contribution in [0.1, 0.15) is 181 Å². The van der Waals surface area contributed by atoms with E-state index >= 15 is 0 Å². The Labute approximate surface area is 332 Å². The Balaban J connectivity index is 4.54. The molecule has 4 N–H and O–H groups in total. The lowest BCUT2D eigenvalue weighted by molar-refractivity contribution is -0.870. The zero-order chi connectivity index (χ0) is 40.2. The van der Waals surface area contributed by atoms with Gasteiger partial charge in [0.1, 0.15) is 19.3 Å². The van der Waals surface area contributed by atoms with Gasteiger partial charge in [0.25, 0.3) is 0 Å². The minimum Gasteiger partial charge on any atom is -0.390 e. The van der Waals surface area contributed by atoms with Gasteiger partial charge in [-0.3, -0.25) is 13.8 Å². The average molecular weight is 786 g/mol. The van der Waals surface area contributed by atoms with Crippen LogP contribution in [-0.2, 0) is 18.4 Å². The molecule has 0 heterocycles. The number of rotatable bonds is 39. The molecule has 9 nitrogen and oxygen atoms in total. The van der Waals surface area contributed by atoms with Crippen LogP contribution in [-0.4, -0.2) is 84.6 Å². The van der Waals surface area contributed by atoms with E-state index in [2.05, 4.69) is 55.6 Å². The molecule has 0 saturated carbocycles. The van der Waals surface area contributed by atoms with Crippen molar-refractivity contribution >= 4 is 13.7 Å².